The predicted octanol–water partition coefficient (Wildman–Crippen LogP) is 2.36. The molecule has 5 rings (SSSR count). The van der Waals surface area contributed by atoms with Gasteiger partial charge in [0.15, 0.2) is 10.8 Å². The molecular weight excluding hydrogens is 485 g/mol. The molecule has 0 spiro atoms. The molecule has 2 aliphatic heterocycles. The topological polar surface area (TPSA) is 105 Å². The van der Waals surface area contributed by atoms with Crippen LogP contribution in [0.15, 0.2) is 24.5 Å². The fourth-order valence-electron chi connectivity index (χ4n) is 4.22. The van der Waals surface area contributed by atoms with E-state index < -0.39 is 12.7 Å². The van der Waals surface area contributed by atoms with E-state index >= 15 is 0 Å². The summed E-state index contributed by atoms with van der Waals surface area (Å²) in [5.74, 6) is 0.317. The van der Waals surface area contributed by atoms with Gasteiger partial charge in [-0.15, -0.1) is 11.3 Å². The van der Waals surface area contributed by atoms with E-state index in [9.17, 15) is 23.1 Å². The lowest BCUT2D eigenvalue weighted by Crippen LogP contribution is -2.34. The van der Waals surface area contributed by atoms with Crippen LogP contribution in [0.3, 0.4) is 0 Å². The lowest BCUT2D eigenvalue weighted by molar-refractivity contribution is -0.142. The third-order valence-corrected chi connectivity index (χ3v) is 6.99. The van der Waals surface area contributed by atoms with Gasteiger partial charge in [0.1, 0.15) is 18.6 Å². The Morgan fingerprint density at radius 1 is 1.34 bits per heavy atom. The van der Waals surface area contributed by atoms with Crippen LogP contribution in [0, 0.1) is 0 Å². The Bertz CT molecular complexity index is 1230. The van der Waals surface area contributed by atoms with Crippen molar-refractivity contribution < 1.29 is 27.8 Å². The number of carbonyl (C=O) groups excluding carboxylic acids is 1. The molecule has 3 aromatic rings. The van der Waals surface area contributed by atoms with Crippen molar-refractivity contribution in [1.29, 1.82) is 0 Å². The highest BCUT2D eigenvalue weighted by Gasteiger charge is 2.31. The molecule has 35 heavy (non-hydrogen) atoms. The molecular formula is C22H23F3N6O3S. The number of rotatable bonds is 6. The number of hydrogen-bond donors (Lipinski definition) is 2. The summed E-state index contributed by atoms with van der Waals surface area (Å²) in [5.41, 5.74) is 1.72. The first-order valence-electron chi connectivity index (χ1n) is 11.2. The summed E-state index contributed by atoms with van der Waals surface area (Å²) in [6.45, 7) is 1.65. The summed E-state index contributed by atoms with van der Waals surface area (Å²) >= 11 is 1.26. The molecule has 0 aliphatic carbocycles. The second-order valence-corrected chi connectivity index (χ2v) is 9.54. The van der Waals surface area contributed by atoms with Gasteiger partial charge in [0.05, 0.1) is 18.4 Å². The maximum atomic E-state index is 12.9. The van der Waals surface area contributed by atoms with Crippen molar-refractivity contribution in [2.45, 2.75) is 31.7 Å². The molecule has 2 aromatic heterocycles. The van der Waals surface area contributed by atoms with E-state index in [-0.39, 0.29) is 17.8 Å². The number of likely N-dealkylation sites (tertiary alicyclic amines) is 1. The van der Waals surface area contributed by atoms with E-state index in [2.05, 4.69) is 25.3 Å². The lowest BCUT2D eigenvalue weighted by atomic mass is 10.1. The zero-order valence-corrected chi connectivity index (χ0v) is 19.4. The minimum Gasteiger partial charge on any atom is -0.492 e. The average Bonchev–Trinajstić information content (AvgIpc) is 3.51. The van der Waals surface area contributed by atoms with Gasteiger partial charge in [-0.05, 0) is 24.6 Å². The van der Waals surface area contributed by atoms with E-state index in [0.29, 0.717) is 60.2 Å². The second-order valence-electron chi connectivity index (χ2n) is 8.46. The molecule has 0 unspecified atom stereocenters. The largest absolute Gasteiger partial charge is 0.492 e. The number of aliphatic hydroxyl groups is 1. The minimum absolute atomic E-state index is 0.0596. The molecule has 1 aromatic carbocycles. The van der Waals surface area contributed by atoms with Crippen LogP contribution in [0.4, 0.5) is 13.2 Å². The van der Waals surface area contributed by atoms with Gasteiger partial charge >= 0.3 is 6.18 Å². The molecule has 2 N–H and O–H groups in total. The van der Waals surface area contributed by atoms with Crippen LogP contribution in [0.25, 0.3) is 22.1 Å². The van der Waals surface area contributed by atoms with E-state index in [0.717, 1.165) is 28.9 Å². The van der Waals surface area contributed by atoms with Gasteiger partial charge in [0.2, 0.25) is 0 Å². The number of nitrogens with one attached hydrogen (secondary N) is 1. The highest BCUT2D eigenvalue weighted by Crippen LogP contribution is 2.40. The van der Waals surface area contributed by atoms with E-state index in [1.165, 1.54) is 11.3 Å². The number of aliphatic hydroxyl groups excluding tert-OH is 1. The summed E-state index contributed by atoms with van der Waals surface area (Å²) in [7, 11) is 0. The Kier molecular flexibility index (Phi) is 6.47. The van der Waals surface area contributed by atoms with Crippen molar-refractivity contribution in [3.8, 4) is 27.8 Å². The maximum Gasteiger partial charge on any atom is 0.408 e. The van der Waals surface area contributed by atoms with Gasteiger partial charge in [0.25, 0.3) is 5.91 Å². The Labute approximate surface area is 202 Å². The van der Waals surface area contributed by atoms with Crippen molar-refractivity contribution in [2.75, 3.05) is 32.8 Å². The molecule has 13 heteroatoms. The molecule has 9 nitrogen and oxygen atoms in total. The van der Waals surface area contributed by atoms with Crippen LogP contribution < -0.4 is 10.1 Å². The van der Waals surface area contributed by atoms with Crippen LogP contribution >= 0.6 is 11.3 Å². The van der Waals surface area contributed by atoms with Crippen LogP contribution in [-0.2, 0) is 13.0 Å². The van der Waals surface area contributed by atoms with E-state index in [1.54, 1.807) is 18.2 Å². The van der Waals surface area contributed by atoms with E-state index in [4.69, 9.17) is 4.74 Å². The van der Waals surface area contributed by atoms with Gasteiger partial charge in [0, 0.05) is 48.6 Å². The van der Waals surface area contributed by atoms with Crippen LogP contribution in [0.2, 0.25) is 0 Å². The quantitative estimate of drug-likeness (QED) is 0.527. The summed E-state index contributed by atoms with van der Waals surface area (Å²) < 4.78 is 45.4. The molecule has 186 valence electrons. The molecule has 1 atom stereocenters. The molecule has 0 bridgehead atoms. The standard InChI is InChI=1S/C22H23F3N6O3S/c23-22(24,25)11-31-19(27-12-28-31)21-29-18-15-2-1-13(9-16(15)34-8-4-17(18)35-21)20(33)26-5-7-30-6-3-14(32)10-30/h1-2,9,12,14,32H,3-8,10-11H2,(H,26,33)/t14-/m0/s1. The van der Waals surface area contributed by atoms with Crippen molar-refractivity contribution in [1.82, 2.24) is 30.0 Å². The Morgan fingerprint density at radius 2 is 2.20 bits per heavy atom. The summed E-state index contributed by atoms with van der Waals surface area (Å²) in [5, 5.41) is 16.5. The maximum absolute atomic E-state index is 12.9. The van der Waals surface area contributed by atoms with Crippen LogP contribution in [-0.4, -0.2) is 80.7 Å². The number of hydrogen-bond acceptors (Lipinski definition) is 8. The van der Waals surface area contributed by atoms with Gasteiger partial charge < -0.3 is 15.2 Å². The molecule has 1 fully saturated rings. The number of aromatic nitrogens is 4. The summed E-state index contributed by atoms with van der Waals surface area (Å²) in [6, 6.07) is 5.08. The second kappa shape index (κ2) is 9.55. The molecule has 1 amide bonds. The Balaban J connectivity index is 1.33. The fraction of sp³-hybridized carbons (Fsp3) is 0.455. The smallest absolute Gasteiger partial charge is 0.408 e. The zero-order chi connectivity index (χ0) is 24.6. The number of thiazole rings is 1. The zero-order valence-electron chi connectivity index (χ0n) is 18.6. The number of alkyl halides is 3. The normalized spacial score (nSPS) is 18.0. The monoisotopic (exact) mass is 508 g/mol. The number of fused-ring (bicyclic) bond motifs is 3. The summed E-state index contributed by atoms with van der Waals surface area (Å²) in [4.78, 5) is 24.2. The predicted molar refractivity (Wildman–Crippen MR) is 121 cm³/mol. The SMILES string of the molecule is O=C(NCCN1CC[C@H](O)C1)c1ccc2c(c1)OCCc1sc(-c3ncnn3CC(F)(F)F)nc1-2. The lowest BCUT2D eigenvalue weighted by Gasteiger charge is -2.15. The van der Waals surface area contributed by atoms with Crippen molar-refractivity contribution in [3.63, 3.8) is 0 Å². The van der Waals surface area contributed by atoms with Crippen LogP contribution in [0.1, 0.15) is 21.7 Å². The van der Waals surface area contributed by atoms with Crippen molar-refractivity contribution in [2.24, 2.45) is 0 Å². The van der Waals surface area contributed by atoms with Crippen molar-refractivity contribution in [3.05, 3.63) is 35.0 Å². The average molecular weight is 509 g/mol. The number of halogens is 3. The third-order valence-electron chi connectivity index (χ3n) is 5.88. The summed E-state index contributed by atoms with van der Waals surface area (Å²) in [6.07, 6.45) is -2.37. The number of amides is 1. The molecule has 0 radical (unpaired) electrons. The van der Waals surface area contributed by atoms with Crippen LogP contribution in [0.5, 0.6) is 5.75 Å². The molecule has 2 aliphatic rings. The number of carbonyl (C=O) groups is 1. The van der Waals surface area contributed by atoms with Gasteiger partial charge in [-0.25, -0.2) is 14.6 Å². The first-order chi connectivity index (χ1) is 16.8. The fourth-order valence-corrected chi connectivity index (χ4v) is 5.28. The highest BCUT2D eigenvalue weighted by molar-refractivity contribution is 7.15. The first-order valence-corrected chi connectivity index (χ1v) is 12.0. The molecule has 4 heterocycles. The Morgan fingerprint density at radius 3 is 2.97 bits per heavy atom. The first kappa shape index (κ1) is 23.7. The Hall–Kier alpha value is -3.03. The number of ether oxygens (including phenoxy) is 1. The molecule has 1 saturated heterocycles. The minimum atomic E-state index is -4.43. The third kappa shape index (κ3) is 5.31. The number of benzene rings is 1. The van der Waals surface area contributed by atoms with Crippen molar-refractivity contribution >= 4 is 17.2 Å². The number of β-amino-alcohol motifs (C(OH)–C–C–N with tert-alkyl or cyclic N) is 1. The number of nitrogens with zero attached hydrogens (tertiary/aromatic N) is 5. The van der Waals surface area contributed by atoms with E-state index in [1.807, 2.05) is 0 Å². The van der Waals surface area contributed by atoms with Gasteiger partial charge in [-0.3, -0.25) is 9.69 Å². The van der Waals surface area contributed by atoms with Gasteiger partial charge in [-0.2, -0.15) is 18.3 Å². The molecule has 0 saturated carbocycles. The van der Waals surface area contributed by atoms with Gasteiger partial charge in [-0.1, -0.05) is 0 Å². The highest BCUT2D eigenvalue weighted by atomic mass is 32.1.